The Morgan fingerprint density at radius 3 is 3.15 bits per heavy atom. The van der Waals surface area contributed by atoms with Gasteiger partial charge in [-0.05, 0) is 18.2 Å². The summed E-state index contributed by atoms with van der Waals surface area (Å²) in [6.07, 6.45) is 2.27. The summed E-state index contributed by atoms with van der Waals surface area (Å²) in [5.41, 5.74) is 1.42. The molecule has 0 spiro atoms. The molecule has 1 aromatic rings. The molecule has 2 rings (SSSR count). The van der Waals surface area contributed by atoms with Gasteiger partial charge < -0.3 is 15.2 Å². The number of carbonyl (C=O) groups is 1. The molecule has 13 heavy (non-hydrogen) atoms. The van der Waals surface area contributed by atoms with E-state index >= 15 is 0 Å². The van der Waals surface area contributed by atoms with Crippen LogP contribution in [-0.4, -0.2) is 17.7 Å². The topological polar surface area (TPSA) is 61.7 Å². The number of nitrogens with one attached hydrogen (secondary N) is 1. The Morgan fingerprint density at radius 1 is 1.54 bits per heavy atom. The van der Waals surface area contributed by atoms with Crippen molar-refractivity contribution >= 4 is 18.3 Å². The van der Waals surface area contributed by atoms with E-state index in [1.807, 2.05) is 0 Å². The number of aldehydes is 1. The van der Waals surface area contributed by atoms with E-state index in [1.165, 1.54) is 12.4 Å². The van der Waals surface area contributed by atoms with Crippen molar-refractivity contribution in [3.63, 3.8) is 0 Å². The van der Waals surface area contributed by atoms with Gasteiger partial charge in [-0.2, -0.15) is 0 Å². The monoisotopic (exact) mass is 176 g/mol. The SMILES string of the molecule is O=CC1NC=Nc2ccc(O)cc21. The van der Waals surface area contributed by atoms with Gasteiger partial charge in [0, 0.05) is 5.56 Å². The van der Waals surface area contributed by atoms with Crippen LogP contribution in [0.1, 0.15) is 11.6 Å². The summed E-state index contributed by atoms with van der Waals surface area (Å²) < 4.78 is 0. The van der Waals surface area contributed by atoms with Gasteiger partial charge in [-0.3, -0.25) is 0 Å². The second-order valence-corrected chi connectivity index (χ2v) is 2.78. The zero-order valence-corrected chi connectivity index (χ0v) is 6.77. The van der Waals surface area contributed by atoms with E-state index in [-0.39, 0.29) is 5.75 Å². The standard InChI is InChI=1S/C9H8N2O2/c12-4-9-7-3-6(13)1-2-8(7)10-5-11-9/h1-5,9,13H,(H,10,11). The molecule has 1 unspecified atom stereocenters. The highest BCUT2D eigenvalue weighted by molar-refractivity contribution is 5.77. The Labute approximate surface area is 74.9 Å². The number of hydrogen-bond acceptors (Lipinski definition) is 4. The van der Waals surface area contributed by atoms with Crippen molar-refractivity contribution in [2.45, 2.75) is 6.04 Å². The van der Waals surface area contributed by atoms with E-state index in [4.69, 9.17) is 0 Å². The van der Waals surface area contributed by atoms with Crippen LogP contribution < -0.4 is 5.32 Å². The third-order valence-corrected chi connectivity index (χ3v) is 1.94. The summed E-state index contributed by atoms with van der Waals surface area (Å²) in [5.74, 6) is 0.143. The van der Waals surface area contributed by atoms with Gasteiger partial charge in [-0.15, -0.1) is 0 Å². The van der Waals surface area contributed by atoms with Crippen LogP contribution in [0.2, 0.25) is 0 Å². The Bertz CT molecular complexity index is 374. The van der Waals surface area contributed by atoms with Gasteiger partial charge >= 0.3 is 0 Å². The van der Waals surface area contributed by atoms with Gasteiger partial charge in [0.05, 0.1) is 12.0 Å². The molecule has 0 saturated carbocycles. The van der Waals surface area contributed by atoms with E-state index in [1.54, 1.807) is 12.1 Å². The maximum Gasteiger partial charge on any atom is 0.146 e. The number of carbonyl (C=O) groups excluding carboxylic acids is 1. The average molecular weight is 176 g/mol. The van der Waals surface area contributed by atoms with Crippen LogP contribution in [0.5, 0.6) is 5.75 Å². The lowest BCUT2D eigenvalue weighted by molar-refractivity contribution is -0.109. The van der Waals surface area contributed by atoms with E-state index in [9.17, 15) is 9.90 Å². The fourth-order valence-corrected chi connectivity index (χ4v) is 1.30. The molecule has 0 aliphatic carbocycles. The highest BCUT2D eigenvalue weighted by atomic mass is 16.3. The van der Waals surface area contributed by atoms with Gasteiger partial charge in [0.2, 0.25) is 0 Å². The van der Waals surface area contributed by atoms with Crippen molar-refractivity contribution in [3.05, 3.63) is 23.8 Å². The van der Waals surface area contributed by atoms with Crippen molar-refractivity contribution in [2.24, 2.45) is 4.99 Å². The average Bonchev–Trinajstić information content (AvgIpc) is 2.17. The molecule has 2 N–H and O–H groups in total. The number of aliphatic imine (C=N–C) groups is 1. The van der Waals surface area contributed by atoms with Crippen LogP contribution in [0, 0.1) is 0 Å². The number of hydrogen-bond donors (Lipinski definition) is 2. The van der Waals surface area contributed by atoms with Crippen LogP contribution in [0.4, 0.5) is 5.69 Å². The van der Waals surface area contributed by atoms with Crippen LogP contribution >= 0.6 is 0 Å². The molecule has 66 valence electrons. The number of nitrogens with zero attached hydrogens (tertiary/aromatic N) is 1. The van der Waals surface area contributed by atoms with Gasteiger partial charge in [-0.25, -0.2) is 4.99 Å². The third kappa shape index (κ3) is 1.26. The van der Waals surface area contributed by atoms with Crippen LogP contribution in [0.3, 0.4) is 0 Å². The molecule has 4 nitrogen and oxygen atoms in total. The lowest BCUT2D eigenvalue weighted by atomic mass is 10.0. The van der Waals surface area contributed by atoms with E-state index in [0.29, 0.717) is 11.3 Å². The smallest absolute Gasteiger partial charge is 0.146 e. The molecule has 1 aromatic carbocycles. The summed E-state index contributed by atoms with van der Waals surface area (Å²) in [7, 11) is 0. The van der Waals surface area contributed by atoms with Crippen molar-refractivity contribution in [1.82, 2.24) is 5.32 Å². The summed E-state index contributed by atoms with van der Waals surface area (Å²) in [6.45, 7) is 0. The molecule has 0 fully saturated rings. The minimum absolute atomic E-state index is 0.143. The van der Waals surface area contributed by atoms with E-state index < -0.39 is 6.04 Å². The predicted molar refractivity (Wildman–Crippen MR) is 48.2 cm³/mol. The molecule has 4 heteroatoms. The first-order chi connectivity index (χ1) is 6.31. The molecule has 0 radical (unpaired) electrons. The molecule has 0 aromatic heterocycles. The summed E-state index contributed by atoms with van der Waals surface area (Å²) in [4.78, 5) is 14.7. The lowest BCUT2D eigenvalue weighted by Crippen LogP contribution is -2.23. The van der Waals surface area contributed by atoms with Crippen LogP contribution in [-0.2, 0) is 4.79 Å². The summed E-state index contributed by atoms with van der Waals surface area (Å²) >= 11 is 0. The van der Waals surface area contributed by atoms with Gasteiger partial charge in [0.15, 0.2) is 0 Å². The number of phenolic OH excluding ortho intramolecular Hbond substituents is 1. The Kier molecular flexibility index (Phi) is 1.73. The van der Waals surface area contributed by atoms with Crippen molar-refractivity contribution in [1.29, 1.82) is 0 Å². The maximum atomic E-state index is 10.6. The highest BCUT2D eigenvalue weighted by Gasteiger charge is 2.16. The Hall–Kier alpha value is -1.84. The first-order valence-electron chi connectivity index (χ1n) is 3.88. The number of fused-ring (bicyclic) bond motifs is 1. The summed E-state index contributed by atoms with van der Waals surface area (Å²) in [6, 6.07) is 4.36. The third-order valence-electron chi connectivity index (χ3n) is 1.94. The quantitative estimate of drug-likeness (QED) is 0.625. The van der Waals surface area contributed by atoms with E-state index in [2.05, 4.69) is 10.3 Å². The second-order valence-electron chi connectivity index (χ2n) is 2.78. The molecular formula is C9H8N2O2. The summed E-state index contributed by atoms with van der Waals surface area (Å²) in [5, 5.41) is 12.0. The van der Waals surface area contributed by atoms with Crippen molar-refractivity contribution < 1.29 is 9.90 Å². The molecular weight excluding hydrogens is 168 g/mol. The van der Waals surface area contributed by atoms with Gasteiger partial charge in [0.25, 0.3) is 0 Å². The maximum absolute atomic E-state index is 10.6. The zero-order chi connectivity index (χ0) is 9.26. The van der Waals surface area contributed by atoms with Crippen LogP contribution in [0.15, 0.2) is 23.2 Å². The minimum atomic E-state index is -0.403. The first-order valence-corrected chi connectivity index (χ1v) is 3.88. The normalized spacial score (nSPS) is 18.9. The fourth-order valence-electron chi connectivity index (χ4n) is 1.30. The number of rotatable bonds is 1. The Morgan fingerprint density at radius 2 is 2.38 bits per heavy atom. The molecule has 1 aliphatic heterocycles. The molecule has 1 atom stereocenters. The number of aromatic hydroxyl groups is 1. The molecule has 0 bridgehead atoms. The number of benzene rings is 1. The van der Waals surface area contributed by atoms with Crippen molar-refractivity contribution in [3.8, 4) is 5.75 Å². The first kappa shape index (κ1) is 7.79. The molecule has 0 saturated heterocycles. The van der Waals surface area contributed by atoms with Crippen LogP contribution in [0.25, 0.3) is 0 Å². The molecule has 1 heterocycles. The largest absolute Gasteiger partial charge is 0.508 e. The van der Waals surface area contributed by atoms with Gasteiger partial charge in [-0.1, -0.05) is 0 Å². The fraction of sp³-hybridized carbons (Fsp3) is 0.111. The predicted octanol–water partition coefficient (Wildman–Crippen LogP) is 0.895. The molecule has 1 aliphatic rings. The number of phenols is 1. The molecule has 0 amide bonds. The highest BCUT2D eigenvalue weighted by Crippen LogP contribution is 2.29. The second kappa shape index (κ2) is 2.90. The lowest BCUT2D eigenvalue weighted by Gasteiger charge is -2.17. The zero-order valence-electron chi connectivity index (χ0n) is 6.77. The minimum Gasteiger partial charge on any atom is -0.508 e. The van der Waals surface area contributed by atoms with Gasteiger partial charge in [0.1, 0.15) is 18.1 Å². The Balaban J connectivity index is 2.54. The van der Waals surface area contributed by atoms with Crippen molar-refractivity contribution in [2.75, 3.05) is 0 Å². The van der Waals surface area contributed by atoms with E-state index in [0.717, 1.165) is 6.29 Å².